The first kappa shape index (κ1) is 9.31. The van der Waals surface area contributed by atoms with Gasteiger partial charge in [0, 0.05) is 11.3 Å². The highest BCUT2D eigenvalue weighted by atomic mass is 32.1. The van der Waals surface area contributed by atoms with Crippen LogP contribution in [-0.4, -0.2) is 12.6 Å². The fourth-order valence-electron chi connectivity index (χ4n) is 1.07. The van der Waals surface area contributed by atoms with Crippen LogP contribution in [-0.2, 0) is 6.42 Å². The van der Waals surface area contributed by atoms with Crippen LogP contribution in [0.15, 0.2) is 17.5 Å². The second-order valence-corrected chi connectivity index (χ2v) is 3.59. The van der Waals surface area contributed by atoms with Crippen LogP contribution < -0.4 is 5.32 Å². The van der Waals surface area contributed by atoms with Crippen molar-refractivity contribution in [3.05, 3.63) is 22.4 Å². The third kappa shape index (κ3) is 2.69. The van der Waals surface area contributed by atoms with E-state index < -0.39 is 0 Å². The summed E-state index contributed by atoms with van der Waals surface area (Å²) in [5, 5.41) is 5.32. The standard InChI is InChI=1S/C10H13NS/c1-3-9(11-4-2)8-10-6-5-7-12-10/h1,5-7,9,11H,4,8H2,2H3. The largest absolute Gasteiger partial charge is 0.304 e. The molecule has 1 rings (SSSR count). The highest BCUT2D eigenvalue weighted by Gasteiger charge is 2.03. The van der Waals surface area contributed by atoms with Crippen molar-refractivity contribution in [2.75, 3.05) is 6.54 Å². The summed E-state index contributed by atoms with van der Waals surface area (Å²) in [4.78, 5) is 1.35. The molecule has 0 radical (unpaired) electrons. The van der Waals surface area contributed by atoms with Gasteiger partial charge in [0.1, 0.15) is 0 Å². The Morgan fingerprint density at radius 2 is 2.58 bits per heavy atom. The van der Waals surface area contributed by atoms with Crippen LogP contribution in [0.5, 0.6) is 0 Å². The summed E-state index contributed by atoms with van der Waals surface area (Å²) in [5.74, 6) is 2.74. The van der Waals surface area contributed by atoms with Crippen molar-refractivity contribution in [1.82, 2.24) is 5.32 Å². The molecule has 1 aromatic rings. The lowest BCUT2D eigenvalue weighted by molar-refractivity contribution is 0.632. The van der Waals surface area contributed by atoms with Crippen molar-refractivity contribution in [1.29, 1.82) is 0 Å². The minimum Gasteiger partial charge on any atom is -0.304 e. The number of likely N-dealkylation sites (N-methyl/N-ethyl adjacent to an activating group) is 1. The molecule has 64 valence electrons. The van der Waals surface area contributed by atoms with Gasteiger partial charge in [-0.1, -0.05) is 18.9 Å². The molecule has 12 heavy (non-hydrogen) atoms. The summed E-state index contributed by atoms with van der Waals surface area (Å²) in [5.41, 5.74) is 0. The Labute approximate surface area is 77.8 Å². The van der Waals surface area contributed by atoms with Crippen molar-refractivity contribution in [3.8, 4) is 12.3 Å². The average molecular weight is 179 g/mol. The first-order valence-corrected chi connectivity index (χ1v) is 4.96. The number of thiophene rings is 1. The van der Waals surface area contributed by atoms with Gasteiger partial charge >= 0.3 is 0 Å². The molecule has 1 aromatic heterocycles. The molecule has 0 spiro atoms. The van der Waals surface area contributed by atoms with Crippen LogP contribution in [0.2, 0.25) is 0 Å². The summed E-state index contributed by atoms with van der Waals surface area (Å²) < 4.78 is 0. The van der Waals surface area contributed by atoms with Crippen molar-refractivity contribution in [2.45, 2.75) is 19.4 Å². The van der Waals surface area contributed by atoms with Crippen molar-refractivity contribution in [3.63, 3.8) is 0 Å². The van der Waals surface area contributed by atoms with Gasteiger partial charge < -0.3 is 5.32 Å². The minimum atomic E-state index is 0.189. The average Bonchev–Trinajstić information content (AvgIpc) is 2.56. The highest BCUT2D eigenvalue weighted by molar-refractivity contribution is 7.09. The fourth-order valence-corrected chi connectivity index (χ4v) is 1.82. The Balaban J connectivity index is 2.44. The van der Waals surface area contributed by atoms with Crippen LogP contribution in [0.3, 0.4) is 0 Å². The summed E-state index contributed by atoms with van der Waals surface area (Å²) >= 11 is 1.76. The second-order valence-electron chi connectivity index (χ2n) is 2.56. The number of terminal acetylenes is 1. The van der Waals surface area contributed by atoms with E-state index in [4.69, 9.17) is 6.42 Å². The van der Waals surface area contributed by atoms with Gasteiger partial charge in [-0.3, -0.25) is 0 Å². The maximum atomic E-state index is 5.37. The Morgan fingerprint density at radius 3 is 3.08 bits per heavy atom. The van der Waals surface area contributed by atoms with E-state index in [-0.39, 0.29) is 6.04 Å². The van der Waals surface area contributed by atoms with Gasteiger partial charge in [-0.2, -0.15) is 0 Å². The number of rotatable bonds is 4. The molecule has 0 saturated heterocycles. The number of hydrogen-bond donors (Lipinski definition) is 1. The second kappa shape index (κ2) is 4.97. The summed E-state index contributed by atoms with van der Waals surface area (Å²) in [6.07, 6.45) is 6.31. The van der Waals surface area contributed by atoms with E-state index in [9.17, 15) is 0 Å². The molecule has 0 bridgehead atoms. The van der Waals surface area contributed by atoms with E-state index in [0.29, 0.717) is 0 Å². The van der Waals surface area contributed by atoms with E-state index in [2.05, 4.69) is 35.7 Å². The molecular formula is C10H13NS. The molecule has 0 amide bonds. The molecule has 0 aliphatic carbocycles. The first-order chi connectivity index (χ1) is 5.86. The van der Waals surface area contributed by atoms with Gasteiger partial charge in [0.05, 0.1) is 6.04 Å². The Bertz CT molecular complexity index is 245. The molecule has 1 N–H and O–H groups in total. The SMILES string of the molecule is C#CC(Cc1cccs1)NCC. The summed E-state index contributed by atoms with van der Waals surface area (Å²) in [6.45, 7) is 3.00. The zero-order valence-electron chi connectivity index (χ0n) is 7.21. The van der Waals surface area contributed by atoms with Gasteiger partial charge in [0.15, 0.2) is 0 Å². The monoisotopic (exact) mass is 179 g/mol. The molecule has 0 saturated carbocycles. The molecule has 0 fully saturated rings. The lowest BCUT2D eigenvalue weighted by Gasteiger charge is -2.08. The zero-order chi connectivity index (χ0) is 8.81. The molecule has 0 aliphatic heterocycles. The number of hydrogen-bond acceptors (Lipinski definition) is 2. The predicted octanol–water partition coefficient (Wildman–Crippen LogP) is 1.90. The lowest BCUT2D eigenvalue weighted by Crippen LogP contribution is -2.28. The maximum absolute atomic E-state index is 5.37. The summed E-state index contributed by atoms with van der Waals surface area (Å²) in [7, 11) is 0. The smallest absolute Gasteiger partial charge is 0.0735 e. The molecule has 0 aromatic carbocycles. The minimum absolute atomic E-state index is 0.189. The topological polar surface area (TPSA) is 12.0 Å². The summed E-state index contributed by atoms with van der Waals surface area (Å²) in [6, 6.07) is 4.36. The molecule has 1 heterocycles. The predicted molar refractivity (Wildman–Crippen MR) is 54.3 cm³/mol. The number of nitrogens with one attached hydrogen (secondary N) is 1. The Kier molecular flexibility index (Phi) is 3.86. The lowest BCUT2D eigenvalue weighted by atomic mass is 10.2. The van der Waals surface area contributed by atoms with Crippen molar-refractivity contribution < 1.29 is 0 Å². The van der Waals surface area contributed by atoms with E-state index >= 15 is 0 Å². The maximum Gasteiger partial charge on any atom is 0.0735 e. The van der Waals surface area contributed by atoms with Gasteiger partial charge in [-0.25, -0.2) is 0 Å². The molecule has 1 atom stereocenters. The van der Waals surface area contributed by atoms with Crippen LogP contribution >= 0.6 is 11.3 Å². The van der Waals surface area contributed by atoms with Gasteiger partial charge in [-0.05, 0) is 18.0 Å². The van der Waals surface area contributed by atoms with E-state index in [0.717, 1.165) is 13.0 Å². The van der Waals surface area contributed by atoms with Crippen LogP contribution in [0, 0.1) is 12.3 Å². The third-order valence-electron chi connectivity index (χ3n) is 1.64. The van der Waals surface area contributed by atoms with Crippen molar-refractivity contribution in [2.24, 2.45) is 0 Å². The molecular weight excluding hydrogens is 166 g/mol. The van der Waals surface area contributed by atoms with E-state index in [1.165, 1.54) is 4.88 Å². The van der Waals surface area contributed by atoms with Gasteiger partial charge in [-0.15, -0.1) is 17.8 Å². The van der Waals surface area contributed by atoms with Gasteiger partial charge in [0.25, 0.3) is 0 Å². The Hall–Kier alpha value is -0.780. The van der Waals surface area contributed by atoms with E-state index in [1.54, 1.807) is 11.3 Å². The van der Waals surface area contributed by atoms with Crippen LogP contribution in [0.25, 0.3) is 0 Å². The quantitative estimate of drug-likeness (QED) is 0.696. The third-order valence-corrected chi connectivity index (χ3v) is 2.54. The Morgan fingerprint density at radius 1 is 1.75 bits per heavy atom. The normalized spacial score (nSPS) is 12.3. The molecule has 1 unspecified atom stereocenters. The highest BCUT2D eigenvalue weighted by Crippen LogP contribution is 2.10. The van der Waals surface area contributed by atoms with Gasteiger partial charge in [0.2, 0.25) is 0 Å². The molecule has 0 aliphatic rings. The van der Waals surface area contributed by atoms with Crippen molar-refractivity contribution >= 4 is 11.3 Å². The van der Waals surface area contributed by atoms with E-state index in [1.807, 2.05) is 0 Å². The zero-order valence-corrected chi connectivity index (χ0v) is 8.03. The first-order valence-electron chi connectivity index (χ1n) is 4.08. The molecule has 1 nitrogen and oxygen atoms in total. The van der Waals surface area contributed by atoms with Crippen LogP contribution in [0.1, 0.15) is 11.8 Å². The molecule has 2 heteroatoms. The van der Waals surface area contributed by atoms with Crippen LogP contribution in [0.4, 0.5) is 0 Å². The fraction of sp³-hybridized carbons (Fsp3) is 0.400.